The van der Waals surface area contributed by atoms with Crippen molar-refractivity contribution in [3.63, 3.8) is 0 Å². The van der Waals surface area contributed by atoms with Crippen LogP contribution in [0.3, 0.4) is 0 Å². The summed E-state index contributed by atoms with van der Waals surface area (Å²) in [7, 11) is 0. The summed E-state index contributed by atoms with van der Waals surface area (Å²) in [5.74, 6) is 2.02. The Morgan fingerprint density at radius 3 is 2.71 bits per heavy atom. The van der Waals surface area contributed by atoms with E-state index in [4.69, 9.17) is 9.73 Å². The van der Waals surface area contributed by atoms with Crippen molar-refractivity contribution in [1.82, 2.24) is 15.1 Å². The first kappa shape index (κ1) is 20.2. The molecule has 1 spiro atoms. The molecule has 1 unspecified atom stereocenters. The van der Waals surface area contributed by atoms with Crippen molar-refractivity contribution in [1.29, 1.82) is 0 Å². The number of rotatable bonds is 4. The Kier molecular flexibility index (Phi) is 8.07. The summed E-state index contributed by atoms with van der Waals surface area (Å²) in [6.45, 7) is 14.1. The van der Waals surface area contributed by atoms with E-state index in [9.17, 15) is 0 Å². The topological polar surface area (TPSA) is 40.1 Å². The monoisotopic (exact) mass is 450 g/mol. The predicted octanol–water partition coefficient (Wildman–Crippen LogP) is 2.41. The molecule has 0 aromatic heterocycles. The number of likely N-dealkylation sites (tertiary alicyclic amines) is 2. The third-order valence-corrected chi connectivity index (χ3v) is 5.81. The van der Waals surface area contributed by atoms with Crippen LogP contribution in [0.15, 0.2) is 4.99 Å². The molecule has 3 saturated heterocycles. The van der Waals surface area contributed by atoms with Crippen LogP contribution in [0.2, 0.25) is 0 Å². The minimum atomic E-state index is 0. The van der Waals surface area contributed by atoms with Gasteiger partial charge >= 0.3 is 0 Å². The molecule has 0 amide bonds. The molecule has 3 rings (SSSR count). The fourth-order valence-electron chi connectivity index (χ4n) is 4.10. The lowest BCUT2D eigenvalue weighted by Gasteiger charge is -2.30. The lowest BCUT2D eigenvalue weighted by Crippen LogP contribution is -2.42. The first-order valence-corrected chi connectivity index (χ1v) is 9.54. The molecule has 0 aromatic carbocycles. The molecular weight excluding hydrogens is 415 g/mol. The second kappa shape index (κ2) is 9.57. The zero-order chi connectivity index (χ0) is 16.1. The van der Waals surface area contributed by atoms with Crippen molar-refractivity contribution in [2.45, 2.75) is 39.5 Å². The van der Waals surface area contributed by atoms with Crippen molar-refractivity contribution >= 4 is 29.9 Å². The highest BCUT2D eigenvalue weighted by atomic mass is 127. The molecule has 3 heterocycles. The van der Waals surface area contributed by atoms with Crippen LogP contribution in [0.25, 0.3) is 0 Å². The molecule has 0 radical (unpaired) electrons. The number of hydrogen-bond acceptors (Lipinski definition) is 3. The average Bonchev–Trinajstić information content (AvgIpc) is 3.19. The Balaban J connectivity index is 0.00000208. The summed E-state index contributed by atoms with van der Waals surface area (Å²) in [6.07, 6.45) is 5.16. The van der Waals surface area contributed by atoms with Crippen LogP contribution in [0.1, 0.15) is 39.5 Å². The van der Waals surface area contributed by atoms with Gasteiger partial charge in [0.05, 0.1) is 13.2 Å². The van der Waals surface area contributed by atoms with Crippen LogP contribution in [-0.2, 0) is 4.74 Å². The molecule has 0 aromatic rings. The highest BCUT2D eigenvalue weighted by molar-refractivity contribution is 14.0. The molecule has 24 heavy (non-hydrogen) atoms. The van der Waals surface area contributed by atoms with Crippen molar-refractivity contribution in [2.75, 3.05) is 59.0 Å². The third kappa shape index (κ3) is 5.21. The number of halogens is 1. The second-order valence-electron chi connectivity index (χ2n) is 7.73. The van der Waals surface area contributed by atoms with Crippen LogP contribution in [-0.4, -0.2) is 74.8 Å². The number of hydrogen-bond donors (Lipinski definition) is 1. The highest BCUT2D eigenvalue weighted by Crippen LogP contribution is 2.38. The summed E-state index contributed by atoms with van der Waals surface area (Å²) >= 11 is 0. The Hall–Kier alpha value is -0.0800. The van der Waals surface area contributed by atoms with Crippen molar-refractivity contribution in [3.05, 3.63) is 0 Å². The Labute approximate surface area is 164 Å². The zero-order valence-corrected chi connectivity index (χ0v) is 17.8. The van der Waals surface area contributed by atoms with E-state index in [1.807, 2.05) is 0 Å². The fraction of sp³-hybridized carbons (Fsp3) is 0.944. The Morgan fingerprint density at radius 1 is 1.25 bits per heavy atom. The van der Waals surface area contributed by atoms with Crippen molar-refractivity contribution < 1.29 is 4.74 Å². The lowest BCUT2D eigenvalue weighted by molar-refractivity contribution is 0.156. The van der Waals surface area contributed by atoms with E-state index in [0.717, 1.165) is 57.8 Å². The largest absolute Gasteiger partial charge is 0.381 e. The normalized spacial score (nSPS) is 29.2. The van der Waals surface area contributed by atoms with E-state index in [1.54, 1.807) is 0 Å². The van der Waals surface area contributed by atoms with E-state index >= 15 is 0 Å². The van der Waals surface area contributed by atoms with Gasteiger partial charge in [-0.1, -0.05) is 6.92 Å². The third-order valence-electron chi connectivity index (χ3n) is 5.81. The van der Waals surface area contributed by atoms with Gasteiger partial charge in [-0.3, -0.25) is 4.99 Å². The summed E-state index contributed by atoms with van der Waals surface area (Å²) < 4.78 is 5.65. The van der Waals surface area contributed by atoms with Gasteiger partial charge in [0.2, 0.25) is 0 Å². The van der Waals surface area contributed by atoms with Crippen LogP contribution < -0.4 is 5.32 Å². The van der Waals surface area contributed by atoms with Gasteiger partial charge in [-0.05, 0) is 51.6 Å². The fourth-order valence-corrected chi connectivity index (χ4v) is 4.10. The molecule has 3 fully saturated rings. The van der Waals surface area contributed by atoms with Gasteiger partial charge in [0.25, 0.3) is 0 Å². The predicted molar refractivity (Wildman–Crippen MR) is 110 cm³/mol. The molecule has 3 aliphatic rings. The average molecular weight is 450 g/mol. The van der Waals surface area contributed by atoms with Crippen LogP contribution in [0.4, 0.5) is 0 Å². The molecular formula is C18H35IN4O. The Bertz CT molecular complexity index is 404. The summed E-state index contributed by atoms with van der Waals surface area (Å²) in [5.41, 5.74) is 0.402. The number of piperidine rings is 1. The van der Waals surface area contributed by atoms with E-state index in [1.165, 1.54) is 38.8 Å². The van der Waals surface area contributed by atoms with Gasteiger partial charge in [0.15, 0.2) is 5.96 Å². The molecule has 5 nitrogen and oxygen atoms in total. The van der Waals surface area contributed by atoms with Crippen LogP contribution in [0.5, 0.6) is 0 Å². The Morgan fingerprint density at radius 2 is 2.04 bits per heavy atom. The maximum atomic E-state index is 5.65. The number of ether oxygens (including phenoxy) is 1. The number of guanidine groups is 1. The summed E-state index contributed by atoms with van der Waals surface area (Å²) in [6, 6.07) is 0. The summed E-state index contributed by atoms with van der Waals surface area (Å²) in [4.78, 5) is 9.94. The highest BCUT2D eigenvalue weighted by Gasteiger charge is 2.42. The van der Waals surface area contributed by atoms with Gasteiger partial charge < -0.3 is 19.9 Å². The van der Waals surface area contributed by atoms with Gasteiger partial charge in [-0.2, -0.15) is 0 Å². The van der Waals surface area contributed by atoms with Gasteiger partial charge in [0, 0.05) is 38.2 Å². The molecule has 1 atom stereocenters. The molecule has 0 bridgehead atoms. The van der Waals surface area contributed by atoms with E-state index in [-0.39, 0.29) is 24.0 Å². The number of nitrogens with zero attached hydrogens (tertiary/aromatic N) is 3. The molecule has 1 N–H and O–H groups in total. The van der Waals surface area contributed by atoms with Gasteiger partial charge in [0.1, 0.15) is 0 Å². The van der Waals surface area contributed by atoms with Crippen molar-refractivity contribution in [2.24, 2.45) is 16.3 Å². The van der Waals surface area contributed by atoms with Crippen LogP contribution >= 0.6 is 24.0 Å². The van der Waals surface area contributed by atoms with Gasteiger partial charge in [-0.15, -0.1) is 24.0 Å². The molecule has 140 valence electrons. The maximum Gasteiger partial charge on any atom is 0.193 e. The van der Waals surface area contributed by atoms with Crippen LogP contribution in [0, 0.1) is 11.3 Å². The zero-order valence-electron chi connectivity index (χ0n) is 15.4. The van der Waals surface area contributed by atoms with E-state index in [2.05, 4.69) is 29.0 Å². The molecule has 3 aliphatic heterocycles. The van der Waals surface area contributed by atoms with E-state index < -0.39 is 0 Å². The minimum absolute atomic E-state index is 0. The van der Waals surface area contributed by atoms with Crippen molar-refractivity contribution in [3.8, 4) is 0 Å². The molecule has 0 saturated carbocycles. The number of aliphatic imine (C=N–C) groups is 1. The quantitative estimate of drug-likeness (QED) is 0.406. The first-order valence-electron chi connectivity index (χ1n) is 9.54. The molecule has 6 heteroatoms. The maximum absolute atomic E-state index is 5.65. The standard InChI is InChI=1S/C18H34N4O.HI/c1-3-19-17(20-8-12-21-9-4-16(2)5-10-21)22-11-6-18(14-22)7-13-23-15-18;/h16H,3-15H2,1-2H3,(H,19,20);1H. The van der Waals surface area contributed by atoms with Gasteiger partial charge in [-0.25, -0.2) is 0 Å². The number of nitrogens with one attached hydrogen (secondary N) is 1. The summed E-state index contributed by atoms with van der Waals surface area (Å²) in [5, 5.41) is 3.49. The SMILES string of the molecule is CCNC(=NCCN1CCC(C)CC1)N1CCC2(CCOC2)C1.I. The molecule has 0 aliphatic carbocycles. The smallest absolute Gasteiger partial charge is 0.193 e. The second-order valence-corrected chi connectivity index (χ2v) is 7.73. The minimum Gasteiger partial charge on any atom is -0.381 e. The van der Waals surface area contributed by atoms with E-state index in [0.29, 0.717) is 5.41 Å². The first-order chi connectivity index (χ1) is 11.2. The lowest BCUT2D eigenvalue weighted by atomic mass is 9.87.